The van der Waals surface area contributed by atoms with Gasteiger partial charge in [0.2, 0.25) is 0 Å². The maximum absolute atomic E-state index is 7.28. The molecule has 0 aromatic carbocycles. The molecule has 3 N–H and O–H groups in total. The lowest BCUT2D eigenvalue weighted by Crippen LogP contribution is -2.73. The van der Waals surface area contributed by atoms with Crippen molar-refractivity contribution in [2.75, 3.05) is 0 Å². The number of hydrogen-bond donors (Lipinski definition) is 3. The number of ether oxygens (including phenoxy) is 1. The first kappa shape index (κ1) is 35.3. The molecule has 10 aliphatic rings. The van der Waals surface area contributed by atoms with Gasteiger partial charge >= 0.3 is 0 Å². The second-order valence-electron chi connectivity index (χ2n) is 21.3. The maximum Gasteiger partial charge on any atom is 0.0641 e. The largest absolute Gasteiger partial charge is 0.374 e. The van der Waals surface area contributed by atoms with Crippen LogP contribution in [0.5, 0.6) is 0 Å². The molecule has 288 valence electrons. The first-order valence-corrected chi connectivity index (χ1v) is 24.2. The molecule has 0 amide bonds. The summed E-state index contributed by atoms with van der Waals surface area (Å²) in [6.45, 7) is 0. The third-order valence-corrected chi connectivity index (χ3v) is 19.0. The van der Waals surface area contributed by atoms with E-state index < -0.39 is 0 Å². The monoisotopic (exact) mass is 702 g/mol. The molecule has 2 heterocycles. The van der Waals surface area contributed by atoms with Crippen LogP contribution in [0.25, 0.3) is 0 Å². The van der Waals surface area contributed by atoms with Gasteiger partial charge in [-0.05, 0) is 173 Å². The summed E-state index contributed by atoms with van der Waals surface area (Å²) < 4.78 is 7.28. The van der Waals surface area contributed by atoms with Crippen molar-refractivity contribution in [1.29, 1.82) is 0 Å². The molecule has 0 aromatic heterocycles. The summed E-state index contributed by atoms with van der Waals surface area (Å²) in [5.41, 5.74) is 0. The molecule has 51 heavy (non-hydrogen) atoms. The molecule has 4 heteroatoms. The smallest absolute Gasteiger partial charge is 0.0641 e. The average Bonchev–Trinajstić information content (AvgIpc) is 3.59. The predicted octanol–water partition coefficient (Wildman–Crippen LogP) is 10.9. The van der Waals surface area contributed by atoms with Crippen LogP contribution in [0.1, 0.15) is 186 Å². The Kier molecular flexibility index (Phi) is 10.9. The summed E-state index contributed by atoms with van der Waals surface area (Å²) >= 11 is 0. The molecule has 2 aliphatic heterocycles. The quantitative estimate of drug-likeness (QED) is 0.267. The van der Waals surface area contributed by atoms with Crippen LogP contribution < -0.4 is 16.0 Å². The summed E-state index contributed by atoms with van der Waals surface area (Å²) in [5, 5.41) is 13.3. The average molecular weight is 702 g/mol. The molecule has 8 saturated carbocycles. The standard InChI is InChI=1S/C47H79N3O/c1-3-11-30(12-4-1)37-25-26-43-40(28-37)41-29-42(38-17-9-10-18-39(38)44(41)51-43)47-49-45(33-14-5-2-6-15-33)48-46(50-47)34-22-19-32(20-23-34)36-24-21-31-13-7-8-16-35(31)27-36/h30-50H,1-29H2. The molecule has 14 unspecified atom stereocenters. The van der Waals surface area contributed by atoms with Crippen molar-refractivity contribution < 1.29 is 4.74 Å². The maximum atomic E-state index is 7.28. The van der Waals surface area contributed by atoms with Gasteiger partial charge in [-0.3, -0.25) is 16.0 Å². The van der Waals surface area contributed by atoms with Crippen LogP contribution in [-0.2, 0) is 4.74 Å². The Morgan fingerprint density at radius 2 is 0.725 bits per heavy atom. The first-order valence-electron chi connectivity index (χ1n) is 24.2. The van der Waals surface area contributed by atoms with Crippen LogP contribution in [0.15, 0.2) is 0 Å². The number of nitrogens with one attached hydrogen (secondary N) is 3. The van der Waals surface area contributed by atoms with Crippen LogP contribution >= 0.6 is 0 Å². The molecule has 0 aromatic rings. The van der Waals surface area contributed by atoms with Gasteiger partial charge in [-0.15, -0.1) is 0 Å². The normalized spacial score (nSPS) is 51.5. The Morgan fingerprint density at radius 3 is 1.45 bits per heavy atom. The fourth-order valence-electron chi connectivity index (χ4n) is 16.4. The molecule has 8 aliphatic carbocycles. The SMILES string of the molecule is C1CCC(C2CCC3OC4C(CC(C5NC(C6CCCCC6)NC(C6CCC(C7CCC8CCCCC8C7)CC6)N5)C5CCCCC54)C3C2)CC1. The van der Waals surface area contributed by atoms with Crippen LogP contribution in [0.4, 0.5) is 0 Å². The first-order chi connectivity index (χ1) is 25.2. The lowest BCUT2D eigenvalue weighted by molar-refractivity contribution is -0.0883. The zero-order valence-corrected chi connectivity index (χ0v) is 32.8. The third kappa shape index (κ3) is 7.20. The molecule has 0 radical (unpaired) electrons. The Bertz CT molecular complexity index is 1120. The van der Waals surface area contributed by atoms with Gasteiger partial charge in [0.1, 0.15) is 0 Å². The van der Waals surface area contributed by atoms with Gasteiger partial charge in [-0.1, -0.05) is 89.9 Å². The lowest BCUT2D eigenvalue weighted by atomic mass is 9.56. The van der Waals surface area contributed by atoms with Crippen molar-refractivity contribution in [3.05, 3.63) is 0 Å². The van der Waals surface area contributed by atoms with Crippen LogP contribution in [-0.4, -0.2) is 30.7 Å². The highest BCUT2D eigenvalue weighted by molar-refractivity contribution is 5.07. The van der Waals surface area contributed by atoms with Crippen molar-refractivity contribution in [3.63, 3.8) is 0 Å². The van der Waals surface area contributed by atoms with Crippen molar-refractivity contribution in [3.8, 4) is 0 Å². The van der Waals surface area contributed by atoms with Gasteiger partial charge in [0.05, 0.1) is 30.7 Å². The fourth-order valence-corrected chi connectivity index (χ4v) is 16.4. The van der Waals surface area contributed by atoms with E-state index in [0.29, 0.717) is 30.7 Å². The van der Waals surface area contributed by atoms with Gasteiger partial charge in [0.25, 0.3) is 0 Å². The zero-order valence-electron chi connectivity index (χ0n) is 32.8. The van der Waals surface area contributed by atoms with E-state index in [2.05, 4.69) is 16.0 Å². The molecule has 0 bridgehead atoms. The number of fused-ring (bicyclic) bond motifs is 6. The molecular formula is C47H79N3O. The molecule has 4 nitrogen and oxygen atoms in total. The number of rotatable bonds is 5. The highest BCUT2D eigenvalue weighted by Gasteiger charge is 2.58. The highest BCUT2D eigenvalue weighted by atomic mass is 16.5. The van der Waals surface area contributed by atoms with E-state index in [-0.39, 0.29) is 0 Å². The van der Waals surface area contributed by atoms with Gasteiger partial charge in [0, 0.05) is 0 Å². The lowest BCUT2D eigenvalue weighted by Gasteiger charge is -2.54. The van der Waals surface area contributed by atoms with E-state index in [1.54, 1.807) is 32.1 Å². The zero-order chi connectivity index (χ0) is 33.7. The van der Waals surface area contributed by atoms with E-state index in [9.17, 15) is 0 Å². The predicted molar refractivity (Wildman–Crippen MR) is 209 cm³/mol. The van der Waals surface area contributed by atoms with Gasteiger partial charge < -0.3 is 4.74 Å². The summed E-state index contributed by atoms with van der Waals surface area (Å²) in [4.78, 5) is 0. The molecule has 0 spiro atoms. The number of hydrogen-bond acceptors (Lipinski definition) is 4. The fraction of sp³-hybridized carbons (Fsp3) is 1.00. The third-order valence-electron chi connectivity index (χ3n) is 19.0. The highest BCUT2D eigenvalue weighted by Crippen LogP contribution is 2.58. The summed E-state index contributed by atoms with van der Waals surface area (Å²) in [5.74, 6) is 12.1. The second-order valence-corrected chi connectivity index (χ2v) is 21.3. The van der Waals surface area contributed by atoms with Crippen LogP contribution in [0, 0.1) is 76.9 Å². The Hall–Kier alpha value is -0.160. The van der Waals surface area contributed by atoms with E-state index in [1.807, 2.05) is 0 Å². The molecule has 14 atom stereocenters. The molecule has 10 rings (SSSR count). The van der Waals surface area contributed by atoms with E-state index in [0.717, 1.165) is 76.9 Å². The molecule has 10 fully saturated rings. The van der Waals surface area contributed by atoms with Crippen LogP contribution in [0.2, 0.25) is 0 Å². The summed E-state index contributed by atoms with van der Waals surface area (Å²) in [7, 11) is 0. The summed E-state index contributed by atoms with van der Waals surface area (Å²) in [6.07, 6.45) is 45.9. The van der Waals surface area contributed by atoms with Crippen molar-refractivity contribution >= 4 is 0 Å². The van der Waals surface area contributed by atoms with Gasteiger partial charge in [0.15, 0.2) is 0 Å². The van der Waals surface area contributed by atoms with Crippen molar-refractivity contribution in [2.45, 2.75) is 217 Å². The minimum Gasteiger partial charge on any atom is -0.374 e. The summed E-state index contributed by atoms with van der Waals surface area (Å²) in [6, 6.07) is 0. The van der Waals surface area contributed by atoms with E-state index in [1.165, 1.54) is 154 Å². The minimum absolute atomic E-state index is 0.491. The van der Waals surface area contributed by atoms with Gasteiger partial charge in [-0.25, -0.2) is 0 Å². The minimum atomic E-state index is 0.491. The molecular weight excluding hydrogens is 623 g/mol. The van der Waals surface area contributed by atoms with Crippen molar-refractivity contribution in [1.82, 2.24) is 16.0 Å². The van der Waals surface area contributed by atoms with Crippen LogP contribution in [0.3, 0.4) is 0 Å². The Balaban J connectivity index is 0.850. The van der Waals surface area contributed by atoms with Gasteiger partial charge in [-0.2, -0.15) is 0 Å². The second kappa shape index (κ2) is 15.8. The van der Waals surface area contributed by atoms with E-state index in [4.69, 9.17) is 4.74 Å². The van der Waals surface area contributed by atoms with Crippen molar-refractivity contribution in [2.24, 2.45) is 76.9 Å². The Labute approximate surface area is 313 Å². The topological polar surface area (TPSA) is 45.3 Å². The Morgan fingerprint density at radius 1 is 0.275 bits per heavy atom. The molecule has 2 saturated heterocycles. The van der Waals surface area contributed by atoms with E-state index >= 15 is 0 Å².